The lowest BCUT2D eigenvalue weighted by molar-refractivity contribution is -0.384. The van der Waals surface area contributed by atoms with E-state index in [4.69, 9.17) is 0 Å². The molecule has 0 spiro atoms. The molecule has 1 atom stereocenters. The maximum Gasteiger partial charge on any atom is 0.276 e. The second kappa shape index (κ2) is 6.89. The topological polar surface area (TPSA) is 83.3 Å². The highest BCUT2D eigenvalue weighted by Crippen LogP contribution is 2.20. The summed E-state index contributed by atoms with van der Waals surface area (Å²) < 4.78 is 0. The van der Waals surface area contributed by atoms with E-state index in [1.165, 1.54) is 12.1 Å². The van der Waals surface area contributed by atoms with Gasteiger partial charge in [0.1, 0.15) is 11.6 Å². The van der Waals surface area contributed by atoms with Gasteiger partial charge in [-0.05, 0) is 27.9 Å². The van der Waals surface area contributed by atoms with Gasteiger partial charge in [-0.25, -0.2) is 4.98 Å². The number of rotatable bonds is 7. The van der Waals surface area contributed by atoms with E-state index in [9.17, 15) is 10.1 Å². The first kappa shape index (κ1) is 15.2. The zero-order valence-electron chi connectivity index (χ0n) is 11.8. The van der Waals surface area contributed by atoms with Crippen molar-refractivity contribution in [2.75, 3.05) is 37.8 Å². The normalized spacial score (nSPS) is 12.3. The zero-order valence-corrected chi connectivity index (χ0v) is 11.8. The number of hydrogen-bond acceptors (Lipinski definition) is 6. The monoisotopic (exact) mass is 267 g/mol. The van der Waals surface area contributed by atoms with Crippen LogP contribution in [0, 0.1) is 10.1 Å². The summed E-state index contributed by atoms with van der Waals surface area (Å²) in [6.07, 6.45) is 0. The van der Waals surface area contributed by atoms with E-state index >= 15 is 0 Å². The van der Waals surface area contributed by atoms with E-state index in [0.29, 0.717) is 30.8 Å². The first-order valence-corrected chi connectivity index (χ1v) is 6.24. The number of hydrogen-bond donors (Lipinski definition) is 2. The van der Waals surface area contributed by atoms with Crippen molar-refractivity contribution in [3.05, 3.63) is 22.2 Å². The quantitative estimate of drug-likeness (QED) is 0.579. The molecule has 0 bridgehead atoms. The van der Waals surface area contributed by atoms with Crippen molar-refractivity contribution in [3.8, 4) is 0 Å². The Labute approximate surface area is 113 Å². The molecular weight excluding hydrogens is 246 g/mol. The van der Waals surface area contributed by atoms with E-state index in [-0.39, 0.29) is 5.69 Å². The summed E-state index contributed by atoms with van der Waals surface area (Å²) in [6, 6.07) is 3.19. The van der Waals surface area contributed by atoms with Crippen molar-refractivity contribution in [2.24, 2.45) is 0 Å². The van der Waals surface area contributed by atoms with Gasteiger partial charge in [-0.15, -0.1) is 0 Å². The minimum atomic E-state index is -0.414. The predicted octanol–water partition coefficient (Wildman–Crippen LogP) is 1.78. The van der Waals surface area contributed by atoms with E-state index in [1.807, 2.05) is 21.0 Å². The molecule has 0 saturated carbocycles. The number of nitrogens with zero attached hydrogens (tertiary/aromatic N) is 3. The summed E-state index contributed by atoms with van der Waals surface area (Å²) in [7, 11) is 3.97. The number of anilines is 2. The van der Waals surface area contributed by atoms with Crippen molar-refractivity contribution in [1.29, 1.82) is 0 Å². The Balaban J connectivity index is 2.84. The lowest BCUT2D eigenvalue weighted by atomic mass is 10.3. The highest BCUT2D eigenvalue weighted by atomic mass is 16.6. The lowest BCUT2D eigenvalue weighted by Crippen LogP contribution is -2.31. The summed E-state index contributed by atoms with van der Waals surface area (Å²) in [5, 5.41) is 17.0. The Bertz CT molecular complexity index is 436. The third-order valence-electron chi connectivity index (χ3n) is 2.84. The minimum absolute atomic E-state index is 0.0333. The standard InChI is InChI=1S/C12H21N5O2/c1-5-13-11-6-10(17(18)19)7-12(15-11)14-8-9(2)16(3)4/h6-7,9H,5,8H2,1-4H3,(H2,13,14,15). The van der Waals surface area contributed by atoms with Gasteiger partial charge in [0.2, 0.25) is 0 Å². The maximum absolute atomic E-state index is 10.9. The molecule has 0 aliphatic carbocycles. The molecule has 1 aromatic heterocycles. The highest BCUT2D eigenvalue weighted by Gasteiger charge is 2.12. The first-order chi connectivity index (χ1) is 8.93. The molecule has 0 aliphatic rings. The summed E-state index contributed by atoms with van der Waals surface area (Å²) in [5.74, 6) is 1.02. The molecule has 0 aliphatic heterocycles. The van der Waals surface area contributed by atoms with Crippen molar-refractivity contribution in [2.45, 2.75) is 19.9 Å². The molecule has 0 fully saturated rings. The molecule has 106 valence electrons. The van der Waals surface area contributed by atoms with Crippen molar-refractivity contribution >= 4 is 17.3 Å². The highest BCUT2D eigenvalue weighted by molar-refractivity contribution is 5.54. The SMILES string of the molecule is CCNc1cc([N+](=O)[O-])cc(NCC(C)N(C)C)n1. The Morgan fingerprint density at radius 3 is 2.42 bits per heavy atom. The smallest absolute Gasteiger partial charge is 0.276 e. The van der Waals surface area contributed by atoms with Crippen LogP contribution < -0.4 is 10.6 Å². The Kier molecular flexibility index (Phi) is 5.50. The molecule has 0 radical (unpaired) electrons. The predicted molar refractivity (Wildman–Crippen MR) is 76.7 cm³/mol. The van der Waals surface area contributed by atoms with Gasteiger partial charge in [-0.3, -0.25) is 10.1 Å². The van der Waals surface area contributed by atoms with Crippen LogP contribution in [-0.2, 0) is 0 Å². The van der Waals surface area contributed by atoms with Crippen LogP contribution in [0.2, 0.25) is 0 Å². The number of aromatic nitrogens is 1. The van der Waals surface area contributed by atoms with Gasteiger partial charge in [-0.2, -0.15) is 0 Å². The van der Waals surface area contributed by atoms with E-state index in [2.05, 4.69) is 27.4 Å². The molecule has 1 rings (SSSR count). The van der Waals surface area contributed by atoms with Gasteiger partial charge in [0.05, 0.1) is 17.1 Å². The summed E-state index contributed by atoms with van der Waals surface area (Å²) in [6.45, 7) is 5.33. The average molecular weight is 267 g/mol. The average Bonchev–Trinajstić information content (AvgIpc) is 2.35. The van der Waals surface area contributed by atoms with Crippen molar-refractivity contribution in [1.82, 2.24) is 9.88 Å². The summed E-state index contributed by atoms with van der Waals surface area (Å²) in [5.41, 5.74) is 0.0333. The molecule has 1 heterocycles. The van der Waals surface area contributed by atoms with Crippen LogP contribution in [0.5, 0.6) is 0 Å². The lowest BCUT2D eigenvalue weighted by Gasteiger charge is -2.20. The molecule has 7 heteroatoms. The molecule has 19 heavy (non-hydrogen) atoms. The Morgan fingerprint density at radius 1 is 1.37 bits per heavy atom. The number of likely N-dealkylation sites (N-methyl/N-ethyl adjacent to an activating group) is 1. The second-order valence-electron chi connectivity index (χ2n) is 4.58. The number of nitrogens with one attached hydrogen (secondary N) is 2. The van der Waals surface area contributed by atoms with Crippen LogP contribution >= 0.6 is 0 Å². The van der Waals surface area contributed by atoms with Crippen LogP contribution in [0.15, 0.2) is 12.1 Å². The molecule has 0 aromatic carbocycles. The van der Waals surface area contributed by atoms with E-state index < -0.39 is 4.92 Å². The zero-order chi connectivity index (χ0) is 14.4. The van der Waals surface area contributed by atoms with Crippen LogP contribution in [0.1, 0.15) is 13.8 Å². The third kappa shape index (κ3) is 4.70. The van der Waals surface area contributed by atoms with E-state index in [1.54, 1.807) is 0 Å². The molecule has 0 saturated heterocycles. The molecular formula is C12H21N5O2. The van der Waals surface area contributed by atoms with E-state index in [0.717, 1.165) is 0 Å². The first-order valence-electron chi connectivity index (χ1n) is 6.24. The van der Waals surface area contributed by atoms with Crippen LogP contribution in [0.25, 0.3) is 0 Å². The largest absolute Gasteiger partial charge is 0.370 e. The summed E-state index contributed by atoms with van der Waals surface area (Å²) >= 11 is 0. The minimum Gasteiger partial charge on any atom is -0.370 e. The Hall–Kier alpha value is -1.89. The maximum atomic E-state index is 10.9. The van der Waals surface area contributed by atoms with Gasteiger partial charge < -0.3 is 15.5 Å². The molecule has 1 unspecified atom stereocenters. The van der Waals surface area contributed by atoms with Gasteiger partial charge in [0.15, 0.2) is 0 Å². The molecule has 2 N–H and O–H groups in total. The van der Waals surface area contributed by atoms with Gasteiger partial charge in [0.25, 0.3) is 5.69 Å². The van der Waals surface area contributed by atoms with Crippen LogP contribution in [-0.4, -0.2) is 48.0 Å². The van der Waals surface area contributed by atoms with Gasteiger partial charge >= 0.3 is 0 Å². The van der Waals surface area contributed by atoms with Crippen molar-refractivity contribution < 1.29 is 4.92 Å². The number of pyridine rings is 1. The van der Waals surface area contributed by atoms with Crippen molar-refractivity contribution in [3.63, 3.8) is 0 Å². The third-order valence-corrected chi connectivity index (χ3v) is 2.84. The fourth-order valence-corrected chi connectivity index (χ4v) is 1.42. The van der Waals surface area contributed by atoms with Gasteiger partial charge in [-0.1, -0.05) is 0 Å². The fraction of sp³-hybridized carbons (Fsp3) is 0.583. The molecule has 7 nitrogen and oxygen atoms in total. The number of nitro groups is 1. The summed E-state index contributed by atoms with van der Waals surface area (Å²) in [4.78, 5) is 16.8. The van der Waals surface area contributed by atoms with Crippen LogP contribution in [0.4, 0.5) is 17.3 Å². The second-order valence-corrected chi connectivity index (χ2v) is 4.58. The molecule has 1 aromatic rings. The van der Waals surface area contributed by atoms with Crippen LogP contribution in [0.3, 0.4) is 0 Å². The van der Waals surface area contributed by atoms with Gasteiger partial charge in [0, 0.05) is 19.1 Å². The fourth-order valence-electron chi connectivity index (χ4n) is 1.42. The molecule has 0 amide bonds. The Morgan fingerprint density at radius 2 is 1.95 bits per heavy atom.